The molecule has 2 amide bonds. The summed E-state index contributed by atoms with van der Waals surface area (Å²) >= 11 is 1.44. The van der Waals surface area contributed by atoms with Crippen molar-refractivity contribution in [2.24, 2.45) is 12.0 Å². The number of aromatic nitrogens is 1. The molecule has 0 aliphatic carbocycles. The third-order valence-corrected chi connectivity index (χ3v) is 5.42. The van der Waals surface area contributed by atoms with Crippen LogP contribution in [0.4, 0.5) is 5.69 Å². The van der Waals surface area contributed by atoms with Gasteiger partial charge < -0.3 is 9.47 Å². The van der Waals surface area contributed by atoms with Crippen LogP contribution < -0.4 is 9.70 Å². The topological polar surface area (TPSA) is 78.5 Å². The Morgan fingerprint density at radius 3 is 2.54 bits per heavy atom. The van der Waals surface area contributed by atoms with E-state index in [2.05, 4.69) is 11.1 Å². The first-order valence-corrected chi connectivity index (χ1v) is 9.76. The first-order valence-electron chi connectivity index (χ1n) is 8.94. The van der Waals surface area contributed by atoms with E-state index in [0.717, 1.165) is 15.9 Å². The molecule has 0 saturated heterocycles. The highest BCUT2D eigenvalue weighted by Crippen LogP contribution is 2.17. The zero-order chi connectivity index (χ0) is 19.9. The lowest BCUT2D eigenvalue weighted by Gasteiger charge is -2.21. The molecule has 2 aromatic carbocycles. The van der Waals surface area contributed by atoms with Crippen molar-refractivity contribution in [1.82, 2.24) is 4.57 Å². The summed E-state index contributed by atoms with van der Waals surface area (Å²) in [7, 11) is 1.87. The van der Waals surface area contributed by atoms with Gasteiger partial charge >= 0.3 is 0 Å². The van der Waals surface area contributed by atoms with Crippen molar-refractivity contribution in [1.29, 1.82) is 5.26 Å². The number of aryl methyl sites for hydroxylation is 1. The van der Waals surface area contributed by atoms with Gasteiger partial charge in [0.05, 0.1) is 22.7 Å². The molecule has 3 aromatic rings. The molecular formula is C21H20N4O2S. The second kappa shape index (κ2) is 9.11. The number of fused-ring (bicyclic) bond motifs is 1. The van der Waals surface area contributed by atoms with Gasteiger partial charge in [-0.2, -0.15) is 10.3 Å². The second-order valence-corrected chi connectivity index (χ2v) is 7.22. The van der Waals surface area contributed by atoms with Crippen LogP contribution in [0, 0.1) is 11.3 Å². The van der Waals surface area contributed by atoms with Gasteiger partial charge in [0, 0.05) is 32.1 Å². The molecule has 6 nitrogen and oxygen atoms in total. The van der Waals surface area contributed by atoms with Crippen LogP contribution in [-0.2, 0) is 16.6 Å². The quantitative estimate of drug-likeness (QED) is 0.645. The molecule has 3 rings (SSSR count). The number of benzene rings is 2. The number of hydrogen-bond acceptors (Lipinski definition) is 4. The number of nitriles is 1. The second-order valence-electron chi connectivity index (χ2n) is 6.21. The Hall–Kier alpha value is -3.24. The van der Waals surface area contributed by atoms with Crippen LogP contribution in [0.5, 0.6) is 0 Å². The molecule has 0 radical (unpaired) electrons. The number of carbonyl (C=O) groups is 2. The highest BCUT2D eigenvalue weighted by molar-refractivity contribution is 7.16. The fourth-order valence-electron chi connectivity index (χ4n) is 2.87. The van der Waals surface area contributed by atoms with Crippen LogP contribution in [0.15, 0.2) is 59.6 Å². The zero-order valence-corrected chi connectivity index (χ0v) is 16.4. The smallest absolute Gasteiger partial charge is 0.248 e. The van der Waals surface area contributed by atoms with Gasteiger partial charge in [-0.15, -0.1) is 0 Å². The van der Waals surface area contributed by atoms with E-state index in [4.69, 9.17) is 5.26 Å². The Morgan fingerprint density at radius 2 is 1.82 bits per heavy atom. The molecule has 142 valence electrons. The summed E-state index contributed by atoms with van der Waals surface area (Å²) in [5.41, 5.74) is 1.74. The maximum absolute atomic E-state index is 12.6. The third kappa shape index (κ3) is 4.53. The molecule has 0 N–H and O–H groups in total. The predicted molar refractivity (Wildman–Crippen MR) is 110 cm³/mol. The van der Waals surface area contributed by atoms with Gasteiger partial charge in [-0.25, -0.2) is 0 Å². The van der Waals surface area contributed by atoms with Crippen molar-refractivity contribution in [3.8, 4) is 6.07 Å². The Morgan fingerprint density at radius 1 is 1.11 bits per heavy atom. The van der Waals surface area contributed by atoms with Gasteiger partial charge in [-0.3, -0.25) is 9.59 Å². The molecular weight excluding hydrogens is 372 g/mol. The molecule has 0 unspecified atom stereocenters. The van der Waals surface area contributed by atoms with E-state index in [9.17, 15) is 9.59 Å². The first-order chi connectivity index (χ1) is 13.6. The Labute approximate surface area is 167 Å². The Balaban J connectivity index is 1.71. The van der Waals surface area contributed by atoms with Crippen molar-refractivity contribution in [3.05, 3.63) is 59.4 Å². The highest BCUT2D eigenvalue weighted by Gasteiger charge is 2.16. The van der Waals surface area contributed by atoms with Gasteiger partial charge in [0.1, 0.15) is 0 Å². The first kappa shape index (κ1) is 19.5. The van der Waals surface area contributed by atoms with Crippen molar-refractivity contribution in [2.45, 2.75) is 19.3 Å². The monoisotopic (exact) mass is 392 g/mol. The van der Waals surface area contributed by atoms with Gasteiger partial charge in [-0.05, 0) is 24.3 Å². The van der Waals surface area contributed by atoms with Crippen LogP contribution >= 0.6 is 11.3 Å². The number of anilines is 1. The average Bonchev–Trinajstić information content (AvgIpc) is 3.03. The van der Waals surface area contributed by atoms with Crippen LogP contribution in [-0.4, -0.2) is 22.9 Å². The average molecular weight is 392 g/mol. The molecule has 1 heterocycles. The van der Waals surface area contributed by atoms with E-state index in [0.29, 0.717) is 11.3 Å². The van der Waals surface area contributed by atoms with Gasteiger partial charge in [0.2, 0.25) is 11.8 Å². The minimum Gasteiger partial charge on any atom is -0.319 e. The fraction of sp³-hybridized carbons (Fsp3) is 0.238. The maximum Gasteiger partial charge on any atom is 0.248 e. The number of rotatable bonds is 6. The number of thiazole rings is 1. The van der Waals surface area contributed by atoms with E-state index in [1.165, 1.54) is 11.3 Å². The maximum atomic E-state index is 12.6. The fourth-order valence-corrected chi connectivity index (χ4v) is 3.90. The summed E-state index contributed by atoms with van der Waals surface area (Å²) in [5.74, 6) is -0.519. The van der Waals surface area contributed by atoms with E-state index in [1.54, 1.807) is 4.90 Å². The normalized spacial score (nSPS) is 11.4. The lowest BCUT2D eigenvalue weighted by Crippen LogP contribution is -2.32. The zero-order valence-electron chi connectivity index (χ0n) is 15.5. The van der Waals surface area contributed by atoms with Crippen molar-refractivity contribution < 1.29 is 9.59 Å². The molecule has 1 aromatic heterocycles. The molecule has 0 spiro atoms. The molecule has 0 atom stereocenters. The van der Waals surface area contributed by atoms with E-state index in [1.807, 2.05) is 66.2 Å². The minimum absolute atomic E-state index is 0.0307. The largest absolute Gasteiger partial charge is 0.319 e. The number of hydrogen-bond donors (Lipinski definition) is 0. The predicted octanol–water partition coefficient (Wildman–Crippen LogP) is 3.39. The Kier molecular flexibility index (Phi) is 6.35. The van der Waals surface area contributed by atoms with E-state index < -0.39 is 0 Å². The van der Waals surface area contributed by atoms with Gasteiger partial charge in [-0.1, -0.05) is 41.7 Å². The summed E-state index contributed by atoms with van der Waals surface area (Å²) in [6, 6.07) is 19.1. The van der Waals surface area contributed by atoms with Crippen LogP contribution in [0.1, 0.15) is 19.3 Å². The number of nitrogens with zero attached hydrogens (tertiary/aromatic N) is 4. The molecule has 7 heteroatoms. The van der Waals surface area contributed by atoms with Crippen molar-refractivity contribution >= 4 is 39.1 Å². The van der Waals surface area contributed by atoms with Gasteiger partial charge in [0.15, 0.2) is 4.80 Å². The molecule has 0 fully saturated rings. The van der Waals surface area contributed by atoms with Crippen molar-refractivity contribution in [2.75, 3.05) is 11.4 Å². The highest BCUT2D eigenvalue weighted by atomic mass is 32.1. The standard InChI is InChI=1S/C21H20N4O2S/c1-24-17-10-5-6-11-18(17)28-21(24)23-19(26)12-13-20(27)25(15-7-14-22)16-8-3-2-4-9-16/h2-6,8-11H,7,12-13,15H2,1H3. The summed E-state index contributed by atoms with van der Waals surface area (Å²) < 4.78 is 2.93. The Bertz CT molecular complexity index is 1090. The van der Waals surface area contributed by atoms with E-state index >= 15 is 0 Å². The number of amides is 2. The summed E-state index contributed by atoms with van der Waals surface area (Å²) in [5, 5.41) is 8.85. The van der Waals surface area contributed by atoms with Gasteiger partial charge in [0.25, 0.3) is 0 Å². The summed E-state index contributed by atoms with van der Waals surface area (Å²) in [6.07, 6.45) is 0.316. The van der Waals surface area contributed by atoms with Crippen LogP contribution in [0.25, 0.3) is 10.2 Å². The molecule has 0 aliphatic rings. The molecule has 0 aliphatic heterocycles. The summed E-state index contributed by atoms with van der Waals surface area (Å²) in [4.78, 5) is 31.3. The van der Waals surface area contributed by atoms with Crippen LogP contribution in [0.2, 0.25) is 0 Å². The summed E-state index contributed by atoms with van der Waals surface area (Å²) in [6.45, 7) is 0.302. The minimum atomic E-state index is -0.330. The molecule has 0 saturated carbocycles. The lowest BCUT2D eigenvalue weighted by atomic mass is 10.2. The molecule has 0 bridgehead atoms. The molecule has 28 heavy (non-hydrogen) atoms. The van der Waals surface area contributed by atoms with E-state index in [-0.39, 0.29) is 31.1 Å². The lowest BCUT2D eigenvalue weighted by molar-refractivity contribution is -0.123. The van der Waals surface area contributed by atoms with Crippen LogP contribution in [0.3, 0.4) is 0 Å². The van der Waals surface area contributed by atoms with Crippen molar-refractivity contribution in [3.63, 3.8) is 0 Å². The SMILES string of the molecule is Cn1c(=NC(=O)CCC(=O)N(CCC#N)c2ccccc2)sc2ccccc21. The third-order valence-electron chi connectivity index (χ3n) is 4.30. The number of para-hydroxylation sites is 2. The number of carbonyl (C=O) groups excluding carboxylic acids is 2.